The predicted molar refractivity (Wildman–Crippen MR) is 150 cm³/mol. The molecule has 0 radical (unpaired) electrons. The Morgan fingerprint density at radius 1 is 1.05 bits per heavy atom. The highest BCUT2D eigenvalue weighted by Gasteiger charge is 2.34. The van der Waals surface area contributed by atoms with Crippen molar-refractivity contribution in [2.24, 2.45) is 5.92 Å². The van der Waals surface area contributed by atoms with E-state index < -0.39 is 23.1 Å². The van der Waals surface area contributed by atoms with E-state index in [0.29, 0.717) is 17.8 Å². The summed E-state index contributed by atoms with van der Waals surface area (Å²) in [5.41, 5.74) is 1.85. The molecule has 1 aliphatic rings. The molecule has 2 aromatic carbocycles. The Morgan fingerprint density at radius 3 is 2.44 bits per heavy atom. The van der Waals surface area contributed by atoms with Crippen LogP contribution in [0.2, 0.25) is 0 Å². The normalized spacial score (nSPS) is 13.7. The van der Waals surface area contributed by atoms with E-state index in [1.54, 1.807) is 26.0 Å². The first-order chi connectivity index (χ1) is 19.6. The molecule has 10 heteroatoms. The Hall–Kier alpha value is -4.47. The highest BCUT2D eigenvalue weighted by molar-refractivity contribution is 5.98. The van der Waals surface area contributed by atoms with Crippen LogP contribution in [-0.4, -0.2) is 37.5 Å². The van der Waals surface area contributed by atoms with E-state index in [9.17, 15) is 18.8 Å². The van der Waals surface area contributed by atoms with Crippen LogP contribution in [0.15, 0.2) is 63.8 Å². The van der Waals surface area contributed by atoms with E-state index in [0.717, 1.165) is 29.7 Å². The summed E-state index contributed by atoms with van der Waals surface area (Å²) in [5.74, 6) is -1.36. The zero-order chi connectivity index (χ0) is 29.3. The molecule has 1 N–H and O–H groups in total. The smallest absolute Gasteiger partial charge is 0.286 e. The van der Waals surface area contributed by atoms with E-state index in [1.165, 1.54) is 16.7 Å². The first kappa shape index (κ1) is 28.1. The number of amides is 1. The molecule has 9 nitrogen and oxygen atoms in total. The summed E-state index contributed by atoms with van der Waals surface area (Å²) in [6, 6.07) is 14.2. The molecule has 0 unspecified atom stereocenters. The Balaban J connectivity index is 1.38. The molecule has 212 valence electrons. The maximum atomic E-state index is 13.5. The average molecular weight is 558 g/mol. The predicted octanol–water partition coefficient (Wildman–Crippen LogP) is 4.27. The van der Waals surface area contributed by atoms with Crippen LogP contribution < -0.4 is 10.9 Å². The zero-order valence-electron chi connectivity index (χ0n) is 23.5. The van der Waals surface area contributed by atoms with Crippen LogP contribution in [0, 0.1) is 11.7 Å². The monoisotopic (exact) mass is 557 g/mol. The van der Waals surface area contributed by atoms with E-state index in [1.807, 2.05) is 44.2 Å². The third kappa shape index (κ3) is 5.59. The Kier molecular flexibility index (Phi) is 7.66. The van der Waals surface area contributed by atoms with Crippen molar-refractivity contribution in [3.05, 3.63) is 99.4 Å². The van der Waals surface area contributed by atoms with Gasteiger partial charge in [-0.15, -0.1) is 10.2 Å². The van der Waals surface area contributed by atoms with Crippen LogP contribution in [0.3, 0.4) is 0 Å². The first-order valence-corrected chi connectivity index (χ1v) is 13.7. The summed E-state index contributed by atoms with van der Waals surface area (Å²) in [4.78, 5) is 45.0. The summed E-state index contributed by atoms with van der Waals surface area (Å²) in [6.07, 6.45) is 2.19. The molecular formula is C31H32FN5O4. The van der Waals surface area contributed by atoms with Crippen molar-refractivity contribution in [1.29, 1.82) is 0 Å². The van der Waals surface area contributed by atoms with Gasteiger partial charge in [0.25, 0.3) is 11.4 Å². The minimum absolute atomic E-state index is 0.185. The van der Waals surface area contributed by atoms with Gasteiger partial charge in [-0.2, -0.15) is 0 Å². The van der Waals surface area contributed by atoms with Crippen molar-refractivity contribution < 1.29 is 18.4 Å². The largest absolute Gasteiger partial charge is 0.417 e. The summed E-state index contributed by atoms with van der Waals surface area (Å²) in [6.45, 7) is 6.95. The lowest BCUT2D eigenvalue weighted by molar-refractivity contribution is -0.122. The number of fused-ring (bicyclic) bond motifs is 1. The van der Waals surface area contributed by atoms with Gasteiger partial charge in [0.05, 0.1) is 17.2 Å². The van der Waals surface area contributed by atoms with Gasteiger partial charge in [0.2, 0.25) is 17.6 Å². The fraction of sp³-hybridized carbons (Fsp3) is 0.355. The van der Waals surface area contributed by atoms with Gasteiger partial charge in [-0.3, -0.25) is 19.0 Å². The van der Waals surface area contributed by atoms with Gasteiger partial charge in [0, 0.05) is 11.1 Å². The number of halogens is 1. The second-order valence-electron chi connectivity index (χ2n) is 11.2. The highest BCUT2D eigenvalue weighted by atomic mass is 19.1. The number of ketones is 1. The zero-order valence-corrected chi connectivity index (χ0v) is 23.5. The quantitative estimate of drug-likeness (QED) is 0.305. The van der Waals surface area contributed by atoms with Gasteiger partial charge in [-0.1, -0.05) is 56.3 Å². The van der Waals surface area contributed by atoms with Gasteiger partial charge in [-0.25, -0.2) is 9.37 Å². The Labute approximate surface area is 236 Å². The molecule has 2 heterocycles. The molecule has 1 aliphatic carbocycles. The first-order valence-electron chi connectivity index (χ1n) is 13.7. The Bertz CT molecular complexity index is 1640. The second-order valence-corrected chi connectivity index (χ2v) is 11.2. The minimum atomic E-state index is -0.969. The van der Waals surface area contributed by atoms with Crippen LogP contribution >= 0.6 is 0 Å². The molecule has 1 atom stereocenters. The molecule has 41 heavy (non-hydrogen) atoms. The van der Waals surface area contributed by atoms with Crippen LogP contribution in [0.4, 0.5) is 4.39 Å². The molecule has 0 saturated carbocycles. The van der Waals surface area contributed by atoms with Crippen molar-refractivity contribution in [1.82, 2.24) is 25.1 Å². The van der Waals surface area contributed by atoms with Gasteiger partial charge < -0.3 is 9.73 Å². The third-order valence-electron chi connectivity index (χ3n) is 7.52. The SMILES string of the molecule is CC(C)[C@H](NC(=O)Cn1c(-c2ccccc2)nc2c(c1=O)CCC2)C(=O)c1nnc(C(C)(C)c2ccc(F)cc2)o1. The lowest BCUT2D eigenvalue weighted by Crippen LogP contribution is -2.46. The number of aryl methyl sites for hydroxylation is 1. The third-order valence-corrected chi connectivity index (χ3v) is 7.52. The summed E-state index contributed by atoms with van der Waals surface area (Å²) >= 11 is 0. The molecule has 2 aromatic heterocycles. The topological polar surface area (TPSA) is 120 Å². The fourth-order valence-corrected chi connectivity index (χ4v) is 5.08. The number of carbonyl (C=O) groups is 2. The molecule has 0 bridgehead atoms. The number of aromatic nitrogens is 4. The lowest BCUT2D eigenvalue weighted by Gasteiger charge is -2.22. The van der Waals surface area contributed by atoms with E-state index in [4.69, 9.17) is 9.40 Å². The Morgan fingerprint density at radius 2 is 1.76 bits per heavy atom. The fourth-order valence-electron chi connectivity index (χ4n) is 5.08. The van der Waals surface area contributed by atoms with E-state index >= 15 is 0 Å². The summed E-state index contributed by atoms with van der Waals surface area (Å²) < 4.78 is 20.6. The number of nitrogens with zero attached hydrogens (tertiary/aromatic N) is 4. The maximum absolute atomic E-state index is 13.5. The van der Waals surface area contributed by atoms with Gasteiger partial charge in [0.1, 0.15) is 18.2 Å². The number of Topliss-reactive ketones (excluding diaryl/α,β-unsaturated/α-hetero) is 1. The van der Waals surface area contributed by atoms with Crippen molar-refractivity contribution in [2.45, 2.75) is 65.0 Å². The second kappa shape index (κ2) is 11.2. The summed E-state index contributed by atoms with van der Waals surface area (Å²) in [7, 11) is 0. The van der Waals surface area contributed by atoms with Crippen LogP contribution in [0.1, 0.15) is 67.5 Å². The van der Waals surface area contributed by atoms with E-state index in [2.05, 4.69) is 15.5 Å². The van der Waals surface area contributed by atoms with Gasteiger partial charge in [-0.05, 0) is 56.7 Å². The molecular weight excluding hydrogens is 525 g/mol. The van der Waals surface area contributed by atoms with Crippen molar-refractivity contribution in [2.75, 3.05) is 0 Å². The summed E-state index contributed by atoms with van der Waals surface area (Å²) in [5, 5.41) is 10.8. The highest BCUT2D eigenvalue weighted by Crippen LogP contribution is 2.31. The average Bonchev–Trinajstić information content (AvgIpc) is 3.64. The van der Waals surface area contributed by atoms with Crippen molar-refractivity contribution >= 4 is 11.7 Å². The minimum Gasteiger partial charge on any atom is -0.417 e. The standard InChI is InChI=1S/C31H32FN5O4/c1-18(2)25(26(39)28-35-36-30(41-28)31(3,4)20-13-15-21(32)16-14-20)34-24(38)17-37-27(19-9-6-5-7-10-19)33-23-12-8-11-22(23)29(37)40/h5-7,9-10,13-16,18,25H,8,11-12,17H2,1-4H3,(H,34,38)/t25-/m0/s1. The van der Waals surface area contributed by atoms with Crippen LogP contribution in [0.5, 0.6) is 0 Å². The lowest BCUT2D eigenvalue weighted by atomic mass is 9.84. The van der Waals surface area contributed by atoms with Gasteiger partial charge in [0.15, 0.2) is 0 Å². The van der Waals surface area contributed by atoms with Crippen LogP contribution in [0.25, 0.3) is 11.4 Å². The number of rotatable bonds is 9. The van der Waals surface area contributed by atoms with Crippen molar-refractivity contribution in [3.8, 4) is 11.4 Å². The van der Waals surface area contributed by atoms with E-state index in [-0.39, 0.29) is 35.6 Å². The number of benzene rings is 2. The van der Waals surface area contributed by atoms with Gasteiger partial charge >= 0.3 is 0 Å². The molecule has 0 fully saturated rings. The molecule has 0 spiro atoms. The van der Waals surface area contributed by atoms with Crippen LogP contribution in [-0.2, 0) is 29.6 Å². The molecule has 5 rings (SSSR count). The van der Waals surface area contributed by atoms with Crippen molar-refractivity contribution in [3.63, 3.8) is 0 Å². The molecule has 4 aromatic rings. The number of carbonyl (C=O) groups excluding carboxylic acids is 2. The molecule has 0 saturated heterocycles. The molecule has 1 amide bonds. The molecule has 0 aliphatic heterocycles. The maximum Gasteiger partial charge on any atom is 0.286 e. The number of hydrogen-bond acceptors (Lipinski definition) is 7. The number of hydrogen-bond donors (Lipinski definition) is 1. The number of nitrogens with one attached hydrogen (secondary N) is 1.